The maximum Gasteiger partial charge on any atom is 0.143 e. The van der Waals surface area contributed by atoms with Gasteiger partial charge >= 0.3 is 0 Å². The summed E-state index contributed by atoms with van der Waals surface area (Å²) in [5.74, 6) is 0.608. The second kappa shape index (κ2) is 7.04. The molecule has 2 rings (SSSR count). The van der Waals surface area contributed by atoms with Gasteiger partial charge in [0.2, 0.25) is 0 Å². The van der Waals surface area contributed by atoms with E-state index < -0.39 is 0 Å². The van der Waals surface area contributed by atoms with Crippen LogP contribution in [0, 0.1) is 6.92 Å². The second-order valence-electron chi connectivity index (χ2n) is 4.72. The van der Waals surface area contributed by atoms with Crippen molar-refractivity contribution in [3.8, 4) is 5.75 Å². The van der Waals surface area contributed by atoms with Crippen LogP contribution in [0.1, 0.15) is 36.6 Å². The van der Waals surface area contributed by atoms with E-state index in [1.807, 2.05) is 23.7 Å². The number of rotatable bonds is 6. The van der Waals surface area contributed by atoms with E-state index in [9.17, 15) is 5.11 Å². The van der Waals surface area contributed by atoms with Crippen LogP contribution < -0.4 is 4.74 Å². The summed E-state index contributed by atoms with van der Waals surface area (Å²) in [6.07, 6.45) is 0.870. The average Bonchev–Trinajstić information content (AvgIpc) is 2.81. The minimum absolute atomic E-state index is 0.133. The molecule has 21 heavy (non-hydrogen) atoms. The molecule has 0 amide bonds. The van der Waals surface area contributed by atoms with Crippen molar-refractivity contribution in [1.82, 2.24) is 14.8 Å². The molecule has 0 aliphatic carbocycles. The van der Waals surface area contributed by atoms with Crippen LogP contribution in [0.15, 0.2) is 16.6 Å². The summed E-state index contributed by atoms with van der Waals surface area (Å²) in [5.41, 5.74) is 3.45. The van der Waals surface area contributed by atoms with Crippen LogP contribution in [0.4, 0.5) is 0 Å². The lowest BCUT2D eigenvalue weighted by atomic mass is 10.3. The van der Waals surface area contributed by atoms with Crippen molar-refractivity contribution in [3.05, 3.63) is 39.4 Å². The van der Waals surface area contributed by atoms with E-state index in [1.165, 1.54) is 0 Å². The van der Waals surface area contributed by atoms with Gasteiger partial charge in [-0.25, -0.2) is 0 Å². The lowest BCUT2D eigenvalue weighted by molar-refractivity contribution is 0.249. The van der Waals surface area contributed by atoms with Gasteiger partial charge in [-0.3, -0.25) is 9.67 Å². The highest BCUT2D eigenvalue weighted by atomic mass is 79.9. The van der Waals surface area contributed by atoms with Gasteiger partial charge < -0.3 is 9.84 Å². The molecule has 0 aromatic carbocycles. The van der Waals surface area contributed by atoms with E-state index in [0.29, 0.717) is 18.1 Å². The zero-order valence-corrected chi connectivity index (χ0v) is 14.1. The van der Waals surface area contributed by atoms with E-state index in [-0.39, 0.29) is 6.61 Å². The molecule has 2 aromatic heterocycles. The van der Waals surface area contributed by atoms with Gasteiger partial charge in [0, 0.05) is 12.2 Å². The van der Waals surface area contributed by atoms with Crippen LogP contribution in [0.2, 0.25) is 0 Å². The zero-order valence-electron chi connectivity index (χ0n) is 12.6. The molecule has 0 fully saturated rings. The third kappa shape index (κ3) is 3.44. The van der Waals surface area contributed by atoms with Crippen molar-refractivity contribution in [2.75, 3.05) is 0 Å². The molecular formula is C15H20BrN3O2. The third-order valence-corrected chi connectivity index (χ3v) is 4.20. The first kappa shape index (κ1) is 16.0. The van der Waals surface area contributed by atoms with Crippen molar-refractivity contribution < 1.29 is 9.84 Å². The van der Waals surface area contributed by atoms with Crippen LogP contribution >= 0.6 is 15.9 Å². The Morgan fingerprint density at radius 2 is 2.05 bits per heavy atom. The summed E-state index contributed by atoms with van der Waals surface area (Å²) in [6, 6.07) is 3.72. The van der Waals surface area contributed by atoms with Crippen LogP contribution in [-0.4, -0.2) is 19.9 Å². The number of aliphatic hydroxyl groups is 1. The Labute approximate surface area is 133 Å². The summed E-state index contributed by atoms with van der Waals surface area (Å²) >= 11 is 3.60. The van der Waals surface area contributed by atoms with Gasteiger partial charge in [-0.05, 0) is 48.3 Å². The molecule has 0 unspecified atom stereocenters. The number of aromatic nitrogens is 3. The number of aryl methyl sites for hydroxylation is 3. The predicted octanol–water partition coefficient (Wildman–Crippen LogP) is 3.00. The minimum Gasteiger partial charge on any atom is -0.485 e. The van der Waals surface area contributed by atoms with Crippen LogP contribution in [0.3, 0.4) is 0 Å². The number of hydrogen-bond donors (Lipinski definition) is 1. The number of hydrogen-bond acceptors (Lipinski definition) is 4. The minimum atomic E-state index is -0.133. The smallest absolute Gasteiger partial charge is 0.143 e. The molecule has 0 aliphatic rings. The fourth-order valence-electron chi connectivity index (χ4n) is 2.14. The van der Waals surface area contributed by atoms with Gasteiger partial charge in [0.1, 0.15) is 18.1 Å². The molecule has 0 aliphatic heterocycles. The molecule has 0 atom stereocenters. The first-order valence-corrected chi connectivity index (χ1v) is 7.84. The number of halogens is 1. The normalized spacial score (nSPS) is 10.9. The van der Waals surface area contributed by atoms with Crippen LogP contribution in [0.5, 0.6) is 5.75 Å². The molecule has 5 nitrogen and oxygen atoms in total. The molecule has 6 heteroatoms. The van der Waals surface area contributed by atoms with Crippen LogP contribution in [0.25, 0.3) is 0 Å². The van der Waals surface area contributed by atoms with Gasteiger partial charge in [0.25, 0.3) is 0 Å². The Balaban J connectivity index is 2.22. The number of ether oxygens (including phenoxy) is 1. The van der Waals surface area contributed by atoms with Gasteiger partial charge in [-0.1, -0.05) is 6.92 Å². The Kier molecular flexibility index (Phi) is 5.36. The first-order chi connectivity index (χ1) is 10.1. The summed E-state index contributed by atoms with van der Waals surface area (Å²) in [6.45, 7) is 7.06. The Morgan fingerprint density at radius 1 is 1.29 bits per heavy atom. The van der Waals surface area contributed by atoms with E-state index in [0.717, 1.165) is 34.5 Å². The lowest BCUT2D eigenvalue weighted by Crippen LogP contribution is -2.08. The number of aliphatic hydroxyl groups excluding tert-OH is 1. The Hall–Kier alpha value is -1.40. The van der Waals surface area contributed by atoms with Gasteiger partial charge in [-0.15, -0.1) is 0 Å². The SMILES string of the molecule is CCc1nn(CC)c(COc2ccc(C)nc2CO)c1Br. The largest absolute Gasteiger partial charge is 0.485 e. The van der Waals surface area contributed by atoms with Crippen molar-refractivity contribution in [3.63, 3.8) is 0 Å². The Bertz CT molecular complexity index is 626. The molecule has 114 valence electrons. The molecule has 0 radical (unpaired) electrons. The molecule has 0 saturated carbocycles. The maximum absolute atomic E-state index is 9.37. The molecule has 0 spiro atoms. The Morgan fingerprint density at radius 3 is 2.67 bits per heavy atom. The molecule has 2 aromatic rings. The molecule has 0 bridgehead atoms. The van der Waals surface area contributed by atoms with Gasteiger partial charge in [0.05, 0.1) is 22.5 Å². The summed E-state index contributed by atoms with van der Waals surface area (Å²) in [5, 5.41) is 13.9. The lowest BCUT2D eigenvalue weighted by Gasteiger charge is -2.11. The van der Waals surface area contributed by atoms with Crippen molar-refractivity contribution in [2.24, 2.45) is 0 Å². The number of nitrogens with zero attached hydrogens (tertiary/aromatic N) is 3. The van der Waals surface area contributed by atoms with Gasteiger partial charge in [0.15, 0.2) is 0 Å². The quantitative estimate of drug-likeness (QED) is 0.866. The van der Waals surface area contributed by atoms with Crippen molar-refractivity contribution in [2.45, 2.75) is 47.0 Å². The van der Waals surface area contributed by atoms with E-state index in [4.69, 9.17) is 4.74 Å². The molecule has 2 heterocycles. The van der Waals surface area contributed by atoms with E-state index in [1.54, 1.807) is 0 Å². The van der Waals surface area contributed by atoms with Crippen LogP contribution in [-0.2, 0) is 26.2 Å². The zero-order chi connectivity index (χ0) is 15.4. The van der Waals surface area contributed by atoms with E-state index >= 15 is 0 Å². The highest BCUT2D eigenvalue weighted by molar-refractivity contribution is 9.10. The van der Waals surface area contributed by atoms with Crippen molar-refractivity contribution in [1.29, 1.82) is 0 Å². The summed E-state index contributed by atoms with van der Waals surface area (Å²) in [7, 11) is 0. The highest BCUT2D eigenvalue weighted by Gasteiger charge is 2.15. The average molecular weight is 354 g/mol. The monoisotopic (exact) mass is 353 g/mol. The van der Waals surface area contributed by atoms with Crippen molar-refractivity contribution >= 4 is 15.9 Å². The van der Waals surface area contributed by atoms with Gasteiger partial charge in [-0.2, -0.15) is 5.10 Å². The predicted molar refractivity (Wildman–Crippen MR) is 84.2 cm³/mol. The summed E-state index contributed by atoms with van der Waals surface area (Å²) < 4.78 is 8.77. The fraction of sp³-hybridized carbons (Fsp3) is 0.467. The second-order valence-corrected chi connectivity index (χ2v) is 5.51. The topological polar surface area (TPSA) is 60.2 Å². The summed E-state index contributed by atoms with van der Waals surface area (Å²) in [4.78, 5) is 4.28. The molecule has 1 N–H and O–H groups in total. The van der Waals surface area contributed by atoms with E-state index in [2.05, 4.69) is 39.9 Å². The molecule has 0 saturated heterocycles. The number of pyridine rings is 1. The third-order valence-electron chi connectivity index (χ3n) is 3.28. The maximum atomic E-state index is 9.37. The molecular weight excluding hydrogens is 334 g/mol. The first-order valence-electron chi connectivity index (χ1n) is 7.04. The standard InChI is InChI=1S/C15H20BrN3O2/c1-4-11-15(16)13(19(5-2)18-11)9-21-14-7-6-10(3)17-12(14)8-20/h6-7,20H,4-5,8-9H2,1-3H3. The fourth-order valence-corrected chi connectivity index (χ4v) is 2.82. The highest BCUT2D eigenvalue weighted by Crippen LogP contribution is 2.25.